The summed E-state index contributed by atoms with van der Waals surface area (Å²) < 4.78 is 0. The molecule has 0 aromatic heterocycles. The predicted octanol–water partition coefficient (Wildman–Crippen LogP) is 25.3. The van der Waals surface area contributed by atoms with E-state index >= 15 is 0 Å². The molecule has 0 bridgehead atoms. The van der Waals surface area contributed by atoms with Crippen molar-refractivity contribution in [1.82, 2.24) is 0 Å². The topological polar surface area (TPSA) is 54.1 Å². The summed E-state index contributed by atoms with van der Waals surface area (Å²) in [5, 5.41) is 20.4. The highest BCUT2D eigenvalue weighted by molar-refractivity contribution is 7.00. The smallest absolute Gasteiger partial charge is 0.252 e. The van der Waals surface area contributed by atoms with Crippen molar-refractivity contribution in [2.75, 3.05) is 9.80 Å². The van der Waals surface area contributed by atoms with Crippen LogP contribution in [-0.4, -0.2) is 6.71 Å². The zero-order valence-corrected chi connectivity index (χ0v) is 64.3. The lowest BCUT2D eigenvalue weighted by atomic mass is 9.33. The molecule has 516 valence electrons. The maximum Gasteiger partial charge on any atom is 0.252 e. The fraction of sp³-hybridized carbons (Fsp3) is 0.306. The number of rotatable bonds is 9. The molecule has 103 heavy (non-hydrogen) atoms. The Labute approximate surface area is 616 Å². The molecule has 1 aliphatic carbocycles. The van der Waals surface area contributed by atoms with Crippen LogP contribution in [0.2, 0.25) is 0 Å². The van der Waals surface area contributed by atoms with Crippen molar-refractivity contribution in [2.45, 2.75) is 195 Å². The minimum absolute atomic E-state index is 0.0542. The number of hydrogen-bond donors (Lipinski definition) is 0. The molecular weight excluding hydrogens is 1240 g/mol. The van der Waals surface area contributed by atoms with Gasteiger partial charge in [-0.3, -0.25) is 0 Å². The molecule has 5 heteroatoms. The first-order valence-electron chi connectivity index (χ1n) is 37.6. The van der Waals surface area contributed by atoms with Crippen molar-refractivity contribution in [3.8, 4) is 78.9 Å². The van der Waals surface area contributed by atoms with E-state index in [1.165, 1.54) is 130 Å². The largest absolute Gasteiger partial charge is 0.310 e. The Morgan fingerprint density at radius 3 is 0.835 bits per heavy atom. The standard InChI is InChI=1S/C98H101BN4/c1-93(2,3)74-42-32-67(33-43-74)80-56-78(97(13,14)15)57-81(68-34-44-75(45-35-68)94(4,5)6)91(80)102-86-50-40-71(65-28-24-62(60-100)25-29-65)52-84(86)99-85-53-72(66-30-26-63(61-101)27-31-66)41-51-87(85)103(89-55-73(54-88(102)90(89)99)64-22-20-19-21-23-64)92-82(69-36-46-76(47-37-69)95(7,8)9)58-79(98(16,17)18)59-83(92)70-38-48-77(49-39-70)96(10,11)12/h24-59,64H,19-23H2,1-18H3. The van der Waals surface area contributed by atoms with Gasteiger partial charge in [-0.15, -0.1) is 0 Å². The van der Waals surface area contributed by atoms with Crippen LogP contribution in [0.15, 0.2) is 218 Å². The predicted molar refractivity (Wildman–Crippen MR) is 441 cm³/mol. The van der Waals surface area contributed by atoms with E-state index in [0.717, 1.165) is 57.8 Å². The lowest BCUT2D eigenvalue weighted by Gasteiger charge is -2.46. The molecule has 4 nitrogen and oxygen atoms in total. The minimum atomic E-state index is -0.282. The van der Waals surface area contributed by atoms with Gasteiger partial charge in [0.1, 0.15) is 0 Å². The molecule has 0 spiro atoms. The van der Waals surface area contributed by atoms with E-state index in [9.17, 15) is 10.5 Å². The molecule has 11 aromatic rings. The molecule has 0 unspecified atom stereocenters. The van der Waals surface area contributed by atoms with Gasteiger partial charge in [-0.2, -0.15) is 10.5 Å². The van der Waals surface area contributed by atoms with Gasteiger partial charge in [0, 0.05) is 45.0 Å². The molecule has 0 radical (unpaired) electrons. The van der Waals surface area contributed by atoms with Crippen molar-refractivity contribution in [3.63, 3.8) is 0 Å². The van der Waals surface area contributed by atoms with Crippen LogP contribution in [0.4, 0.5) is 34.1 Å². The van der Waals surface area contributed by atoms with Crippen molar-refractivity contribution in [1.29, 1.82) is 10.5 Å². The van der Waals surface area contributed by atoms with Gasteiger partial charge < -0.3 is 9.80 Å². The fourth-order valence-electron chi connectivity index (χ4n) is 16.1. The first-order valence-corrected chi connectivity index (χ1v) is 37.6. The van der Waals surface area contributed by atoms with Crippen molar-refractivity contribution in [2.24, 2.45) is 0 Å². The zero-order valence-electron chi connectivity index (χ0n) is 64.3. The van der Waals surface area contributed by atoms with Crippen LogP contribution >= 0.6 is 0 Å². The second-order valence-corrected chi connectivity index (χ2v) is 36.0. The first kappa shape index (κ1) is 70.1. The number of fused-ring (bicyclic) bond motifs is 4. The lowest BCUT2D eigenvalue weighted by molar-refractivity contribution is 0.444. The Balaban J connectivity index is 1.19. The minimum Gasteiger partial charge on any atom is -0.310 e. The molecule has 1 fully saturated rings. The van der Waals surface area contributed by atoms with E-state index in [4.69, 9.17) is 0 Å². The third kappa shape index (κ3) is 13.4. The molecule has 1 saturated carbocycles. The highest BCUT2D eigenvalue weighted by Gasteiger charge is 2.47. The van der Waals surface area contributed by atoms with Crippen molar-refractivity contribution >= 4 is 57.2 Å². The number of nitriles is 2. The Kier molecular flexibility index (Phi) is 17.8. The molecule has 2 aliphatic heterocycles. The van der Waals surface area contributed by atoms with E-state index in [2.05, 4.69) is 341 Å². The van der Waals surface area contributed by atoms with Gasteiger partial charge in [0.25, 0.3) is 6.71 Å². The summed E-state index contributed by atoms with van der Waals surface area (Å²) in [6, 6.07) is 89.1. The third-order valence-electron chi connectivity index (χ3n) is 22.5. The zero-order chi connectivity index (χ0) is 73.0. The average molecular weight is 1350 g/mol. The summed E-state index contributed by atoms with van der Waals surface area (Å²) in [7, 11) is 0. The van der Waals surface area contributed by atoms with Crippen LogP contribution < -0.4 is 26.2 Å². The molecule has 0 saturated heterocycles. The Hall–Kier alpha value is -9.94. The van der Waals surface area contributed by atoms with E-state index in [-0.39, 0.29) is 39.2 Å². The molecule has 2 heterocycles. The van der Waals surface area contributed by atoms with E-state index in [1.807, 2.05) is 24.3 Å². The Morgan fingerprint density at radius 2 is 0.563 bits per heavy atom. The van der Waals surface area contributed by atoms with E-state index in [0.29, 0.717) is 17.0 Å². The summed E-state index contributed by atoms with van der Waals surface area (Å²) in [5.74, 6) is 0.326. The number of benzene rings is 11. The van der Waals surface area contributed by atoms with Gasteiger partial charge in [0.15, 0.2) is 0 Å². The van der Waals surface area contributed by atoms with Crippen molar-refractivity contribution < 1.29 is 0 Å². The van der Waals surface area contributed by atoms with Gasteiger partial charge in [-0.25, -0.2) is 0 Å². The average Bonchev–Trinajstić information content (AvgIpc) is 0.686. The van der Waals surface area contributed by atoms with Gasteiger partial charge in [-0.05, 0) is 224 Å². The van der Waals surface area contributed by atoms with E-state index < -0.39 is 0 Å². The van der Waals surface area contributed by atoms with Gasteiger partial charge >= 0.3 is 0 Å². The highest BCUT2D eigenvalue weighted by atomic mass is 15.2. The first-order chi connectivity index (χ1) is 48.7. The monoisotopic (exact) mass is 1340 g/mol. The highest BCUT2D eigenvalue weighted by Crippen LogP contribution is 2.56. The molecule has 14 rings (SSSR count). The lowest BCUT2D eigenvalue weighted by Crippen LogP contribution is -2.61. The molecule has 0 N–H and O–H groups in total. The van der Waals surface area contributed by atoms with E-state index in [1.54, 1.807) is 0 Å². The van der Waals surface area contributed by atoms with Gasteiger partial charge in [0.05, 0.1) is 34.6 Å². The second-order valence-electron chi connectivity index (χ2n) is 36.0. The third-order valence-corrected chi connectivity index (χ3v) is 22.5. The Morgan fingerprint density at radius 1 is 0.291 bits per heavy atom. The summed E-state index contributed by atoms with van der Waals surface area (Å²) in [6.07, 6.45) is 5.84. The second kappa shape index (κ2) is 26.1. The quantitative estimate of drug-likeness (QED) is 0.135. The SMILES string of the molecule is CC(C)(C)c1ccc(-c2cc(C(C)(C)C)cc(-c3ccc(C(C)(C)C)cc3)c2N2c3ccc(-c4ccc(C#N)cc4)cc3B3c4cc(-c5ccc(C#N)cc5)ccc4N(c4c(-c5ccc(C(C)(C)C)cc5)cc(C(C)(C)C)cc4-c4ccc(C(C)(C)C)cc4)c4cc(C5CCCCC5)cc2c43)cc1. The van der Waals surface area contributed by atoms with Crippen molar-refractivity contribution in [3.05, 3.63) is 268 Å². The van der Waals surface area contributed by atoms with Crippen LogP contribution in [0.3, 0.4) is 0 Å². The summed E-state index contributed by atoms with van der Waals surface area (Å²) >= 11 is 0. The maximum absolute atomic E-state index is 10.2. The van der Waals surface area contributed by atoms with Crippen LogP contribution in [0.5, 0.6) is 0 Å². The molecule has 11 aromatic carbocycles. The number of hydrogen-bond acceptors (Lipinski definition) is 4. The summed E-state index contributed by atoms with van der Waals surface area (Å²) in [4.78, 5) is 5.47. The number of nitrogens with zero attached hydrogens (tertiary/aromatic N) is 4. The normalized spacial score (nSPS) is 14.2. The molecular formula is C98H101BN4. The van der Waals surface area contributed by atoms with Gasteiger partial charge in [-0.1, -0.05) is 289 Å². The summed E-state index contributed by atoms with van der Waals surface area (Å²) in [5.41, 5.74) is 33.9. The van der Waals surface area contributed by atoms with Crippen LogP contribution in [0.25, 0.3) is 66.8 Å². The fourth-order valence-corrected chi connectivity index (χ4v) is 16.1. The molecule has 3 aliphatic rings. The van der Waals surface area contributed by atoms with Gasteiger partial charge in [0.2, 0.25) is 0 Å². The van der Waals surface area contributed by atoms with Crippen LogP contribution in [0, 0.1) is 22.7 Å². The van der Waals surface area contributed by atoms with Crippen LogP contribution in [-0.2, 0) is 32.5 Å². The molecule has 0 amide bonds. The summed E-state index contributed by atoms with van der Waals surface area (Å²) in [6.45, 7) is 41.7. The maximum atomic E-state index is 10.2. The van der Waals surface area contributed by atoms with Crippen LogP contribution in [0.1, 0.15) is 213 Å². The Bertz CT molecular complexity index is 4670. The number of anilines is 6. The molecule has 0 atom stereocenters.